The van der Waals surface area contributed by atoms with E-state index in [4.69, 9.17) is 28.3 Å². The molecule has 1 aliphatic heterocycles. The van der Waals surface area contributed by atoms with Crippen molar-refractivity contribution in [2.24, 2.45) is 5.92 Å². The molecule has 1 aromatic heterocycles. The summed E-state index contributed by atoms with van der Waals surface area (Å²) in [7, 11) is 0. The number of nitrogens with zero attached hydrogens (tertiary/aromatic N) is 3. The summed E-state index contributed by atoms with van der Waals surface area (Å²) in [4.78, 5) is 22.1. The van der Waals surface area contributed by atoms with E-state index in [0.29, 0.717) is 41.9 Å². The van der Waals surface area contributed by atoms with Crippen molar-refractivity contribution in [3.63, 3.8) is 0 Å². The largest absolute Gasteiger partial charge is 0.481 e. The Balaban J connectivity index is 1.76. The van der Waals surface area contributed by atoms with Crippen LogP contribution in [-0.4, -0.2) is 34.1 Å². The quantitative estimate of drug-likeness (QED) is 0.829. The smallest absolute Gasteiger partial charge is 0.306 e. The Bertz CT molecular complexity index is 792. The molecule has 0 radical (unpaired) electrons. The van der Waals surface area contributed by atoms with Crippen LogP contribution >= 0.6 is 23.2 Å². The second-order valence-electron chi connectivity index (χ2n) is 6.04. The van der Waals surface area contributed by atoms with Crippen LogP contribution in [0.5, 0.6) is 0 Å². The van der Waals surface area contributed by atoms with Crippen LogP contribution in [-0.2, 0) is 4.79 Å². The van der Waals surface area contributed by atoms with E-state index in [9.17, 15) is 4.79 Å². The molecule has 0 spiro atoms. The average molecular weight is 381 g/mol. The molecule has 0 bridgehead atoms. The van der Waals surface area contributed by atoms with E-state index >= 15 is 0 Å². The van der Waals surface area contributed by atoms with Gasteiger partial charge in [0.1, 0.15) is 5.82 Å². The van der Waals surface area contributed by atoms with Crippen LogP contribution in [0.25, 0.3) is 0 Å². The molecule has 1 fully saturated rings. The van der Waals surface area contributed by atoms with Gasteiger partial charge in [-0.15, -0.1) is 0 Å². The predicted octanol–water partition coefficient (Wildman–Crippen LogP) is 4.14. The van der Waals surface area contributed by atoms with Gasteiger partial charge < -0.3 is 15.3 Å². The highest BCUT2D eigenvalue weighted by atomic mass is 35.5. The Kier molecular flexibility index (Phi) is 5.30. The van der Waals surface area contributed by atoms with E-state index in [1.807, 2.05) is 13.0 Å². The number of halogens is 2. The van der Waals surface area contributed by atoms with Gasteiger partial charge in [-0.05, 0) is 38.0 Å². The van der Waals surface area contributed by atoms with Crippen LogP contribution in [0.1, 0.15) is 18.5 Å². The Labute approximate surface area is 155 Å². The zero-order chi connectivity index (χ0) is 18.0. The molecular formula is C17H18Cl2N4O2. The van der Waals surface area contributed by atoms with Crippen molar-refractivity contribution < 1.29 is 9.90 Å². The lowest BCUT2D eigenvalue weighted by Gasteiger charge is -2.31. The van der Waals surface area contributed by atoms with Crippen molar-refractivity contribution in [2.45, 2.75) is 19.8 Å². The summed E-state index contributed by atoms with van der Waals surface area (Å²) in [6.45, 7) is 3.23. The molecule has 8 heteroatoms. The number of piperidine rings is 1. The van der Waals surface area contributed by atoms with Gasteiger partial charge in [-0.2, -0.15) is 4.98 Å². The lowest BCUT2D eigenvalue weighted by atomic mass is 9.97. The minimum atomic E-state index is -0.722. The molecule has 0 saturated carbocycles. The zero-order valence-corrected chi connectivity index (χ0v) is 15.2. The first-order chi connectivity index (χ1) is 11.9. The number of carboxylic acids is 1. The summed E-state index contributed by atoms with van der Waals surface area (Å²) in [5, 5.41) is 13.2. The number of benzene rings is 1. The zero-order valence-electron chi connectivity index (χ0n) is 13.7. The van der Waals surface area contributed by atoms with Crippen molar-refractivity contribution in [2.75, 3.05) is 23.3 Å². The van der Waals surface area contributed by atoms with Gasteiger partial charge in [-0.1, -0.05) is 23.2 Å². The highest BCUT2D eigenvalue weighted by Crippen LogP contribution is 2.27. The van der Waals surface area contributed by atoms with Gasteiger partial charge in [-0.3, -0.25) is 4.79 Å². The number of rotatable bonds is 4. The molecule has 3 rings (SSSR count). The second-order valence-corrected chi connectivity index (χ2v) is 6.86. The maximum Gasteiger partial charge on any atom is 0.306 e. The third-order valence-corrected chi connectivity index (χ3v) is 4.92. The van der Waals surface area contributed by atoms with E-state index < -0.39 is 5.97 Å². The Morgan fingerprint density at radius 1 is 1.20 bits per heavy atom. The van der Waals surface area contributed by atoms with Crippen molar-refractivity contribution >= 4 is 46.6 Å². The standard InChI is InChI=1S/C17H18Cl2N4O2/c1-10-8-15(23-6-4-11(5-7-23)16(24)25)22-17(20-10)21-12-2-3-13(18)14(19)9-12/h2-3,8-9,11H,4-7H2,1H3,(H,24,25)(H,20,21,22). The predicted molar refractivity (Wildman–Crippen MR) is 99.1 cm³/mol. The fraction of sp³-hybridized carbons (Fsp3) is 0.353. The molecule has 6 nitrogen and oxygen atoms in total. The van der Waals surface area contributed by atoms with E-state index in [1.165, 1.54) is 0 Å². The van der Waals surface area contributed by atoms with Crippen LogP contribution in [0.3, 0.4) is 0 Å². The first kappa shape index (κ1) is 17.8. The second kappa shape index (κ2) is 7.45. The van der Waals surface area contributed by atoms with Gasteiger partial charge in [-0.25, -0.2) is 4.98 Å². The van der Waals surface area contributed by atoms with Crippen LogP contribution in [0.4, 0.5) is 17.5 Å². The van der Waals surface area contributed by atoms with Gasteiger partial charge in [0, 0.05) is 30.5 Å². The minimum absolute atomic E-state index is 0.270. The minimum Gasteiger partial charge on any atom is -0.481 e. The SMILES string of the molecule is Cc1cc(N2CCC(C(=O)O)CC2)nc(Nc2ccc(Cl)c(Cl)c2)n1. The molecule has 25 heavy (non-hydrogen) atoms. The maximum atomic E-state index is 11.1. The maximum absolute atomic E-state index is 11.1. The van der Waals surface area contributed by atoms with Crippen LogP contribution in [0.2, 0.25) is 10.0 Å². The molecule has 2 heterocycles. The first-order valence-electron chi connectivity index (χ1n) is 7.98. The third-order valence-electron chi connectivity index (χ3n) is 4.18. The fourth-order valence-electron chi connectivity index (χ4n) is 2.83. The Morgan fingerprint density at radius 2 is 1.92 bits per heavy atom. The molecule has 1 saturated heterocycles. The van der Waals surface area contributed by atoms with E-state index in [1.54, 1.807) is 18.2 Å². The normalized spacial score (nSPS) is 15.2. The summed E-state index contributed by atoms with van der Waals surface area (Å²) in [6.07, 6.45) is 1.24. The van der Waals surface area contributed by atoms with Gasteiger partial charge in [0.15, 0.2) is 0 Å². The Morgan fingerprint density at radius 3 is 2.56 bits per heavy atom. The highest BCUT2D eigenvalue weighted by Gasteiger charge is 2.25. The number of anilines is 3. The lowest BCUT2D eigenvalue weighted by molar-refractivity contribution is -0.142. The third kappa shape index (κ3) is 4.32. The lowest BCUT2D eigenvalue weighted by Crippen LogP contribution is -2.36. The number of hydrogen-bond acceptors (Lipinski definition) is 5. The van der Waals surface area contributed by atoms with E-state index in [2.05, 4.69) is 20.2 Å². The van der Waals surface area contributed by atoms with Crippen molar-refractivity contribution in [3.8, 4) is 0 Å². The van der Waals surface area contributed by atoms with Gasteiger partial charge >= 0.3 is 5.97 Å². The summed E-state index contributed by atoms with van der Waals surface area (Å²) in [5.74, 6) is 0.265. The van der Waals surface area contributed by atoms with Crippen molar-refractivity contribution in [1.29, 1.82) is 0 Å². The van der Waals surface area contributed by atoms with Gasteiger partial charge in [0.25, 0.3) is 0 Å². The summed E-state index contributed by atoms with van der Waals surface area (Å²) in [6, 6.07) is 7.13. The molecule has 132 valence electrons. The van der Waals surface area contributed by atoms with Gasteiger partial charge in [0.2, 0.25) is 5.95 Å². The number of aromatic nitrogens is 2. The summed E-state index contributed by atoms with van der Waals surface area (Å²) < 4.78 is 0. The molecule has 1 aliphatic rings. The van der Waals surface area contributed by atoms with Crippen LogP contribution < -0.4 is 10.2 Å². The topological polar surface area (TPSA) is 78.4 Å². The fourth-order valence-corrected chi connectivity index (χ4v) is 3.13. The van der Waals surface area contributed by atoms with Crippen LogP contribution in [0, 0.1) is 12.8 Å². The van der Waals surface area contributed by atoms with E-state index in [0.717, 1.165) is 17.2 Å². The number of hydrogen-bond donors (Lipinski definition) is 2. The Hall–Kier alpha value is -2.05. The van der Waals surface area contributed by atoms with Crippen LogP contribution in [0.15, 0.2) is 24.3 Å². The summed E-state index contributed by atoms with van der Waals surface area (Å²) >= 11 is 12.0. The number of carboxylic acid groups (broad SMARTS) is 1. The summed E-state index contributed by atoms with van der Waals surface area (Å²) in [5.41, 5.74) is 1.57. The van der Waals surface area contributed by atoms with E-state index in [-0.39, 0.29) is 5.92 Å². The van der Waals surface area contributed by atoms with Crippen molar-refractivity contribution in [1.82, 2.24) is 9.97 Å². The number of aryl methyl sites for hydroxylation is 1. The van der Waals surface area contributed by atoms with Gasteiger partial charge in [0.05, 0.1) is 16.0 Å². The molecule has 0 unspecified atom stereocenters. The molecule has 0 atom stereocenters. The number of carbonyl (C=O) groups is 1. The van der Waals surface area contributed by atoms with Crippen molar-refractivity contribution in [3.05, 3.63) is 40.0 Å². The first-order valence-corrected chi connectivity index (χ1v) is 8.73. The average Bonchev–Trinajstić information content (AvgIpc) is 2.58. The molecule has 1 aromatic carbocycles. The number of nitrogens with one attached hydrogen (secondary N) is 1. The molecule has 0 amide bonds. The molecule has 2 N–H and O–H groups in total. The molecule has 2 aromatic rings. The number of aliphatic carboxylic acids is 1. The molecular weight excluding hydrogens is 363 g/mol. The highest BCUT2D eigenvalue weighted by molar-refractivity contribution is 6.42. The monoisotopic (exact) mass is 380 g/mol. The molecule has 0 aliphatic carbocycles.